The van der Waals surface area contributed by atoms with Gasteiger partial charge in [0.2, 0.25) is 0 Å². The molecular formula is C16H17BrN2O. The third kappa shape index (κ3) is 3.39. The van der Waals surface area contributed by atoms with E-state index in [9.17, 15) is 4.79 Å². The average molecular weight is 333 g/mol. The van der Waals surface area contributed by atoms with Crippen molar-refractivity contribution < 1.29 is 4.79 Å². The first-order valence-electron chi connectivity index (χ1n) is 6.43. The fraction of sp³-hybridized carbons (Fsp3) is 0.188. The van der Waals surface area contributed by atoms with Crippen LogP contribution in [0.2, 0.25) is 0 Å². The van der Waals surface area contributed by atoms with Gasteiger partial charge in [-0.2, -0.15) is 0 Å². The molecule has 2 aromatic rings. The summed E-state index contributed by atoms with van der Waals surface area (Å²) in [4.78, 5) is 12.1. The Morgan fingerprint density at radius 2 is 1.80 bits per heavy atom. The Morgan fingerprint density at radius 1 is 1.15 bits per heavy atom. The highest BCUT2D eigenvalue weighted by molar-refractivity contribution is 9.10. The summed E-state index contributed by atoms with van der Waals surface area (Å²) in [7, 11) is 0. The average Bonchev–Trinajstić information content (AvgIpc) is 2.42. The van der Waals surface area contributed by atoms with Crippen molar-refractivity contribution in [2.45, 2.75) is 19.8 Å². The first-order chi connectivity index (χ1) is 9.47. The van der Waals surface area contributed by atoms with Gasteiger partial charge in [0.25, 0.3) is 5.91 Å². The largest absolute Gasteiger partial charge is 0.398 e. The number of rotatable bonds is 3. The predicted octanol–water partition coefficient (Wildman–Crippen LogP) is 4.41. The minimum Gasteiger partial charge on any atom is -0.398 e. The van der Waals surface area contributed by atoms with Crippen LogP contribution in [0.1, 0.15) is 35.7 Å². The van der Waals surface area contributed by atoms with E-state index in [0.717, 1.165) is 10.2 Å². The van der Waals surface area contributed by atoms with Crippen LogP contribution in [0.25, 0.3) is 0 Å². The van der Waals surface area contributed by atoms with Crippen molar-refractivity contribution in [2.24, 2.45) is 0 Å². The number of amides is 1. The Bertz CT molecular complexity index is 621. The lowest BCUT2D eigenvalue weighted by atomic mass is 10.0. The molecule has 2 rings (SSSR count). The smallest absolute Gasteiger partial charge is 0.255 e. The number of anilines is 2. The first-order valence-corrected chi connectivity index (χ1v) is 7.23. The topological polar surface area (TPSA) is 55.1 Å². The third-order valence-corrected chi connectivity index (χ3v) is 3.82. The van der Waals surface area contributed by atoms with Crippen molar-refractivity contribution in [1.82, 2.24) is 0 Å². The van der Waals surface area contributed by atoms with Gasteiger partial charge in [0.1, 0.15) is 0 Å². The van der Waals surface area contributed by atoms with E-state index < -0.39 is 0 Å². The molecule has 104 valence electrons. The summed E-state index contributed by atoms with van der Waals surface area (Å²) in [5.74, 6) is 0.313. The molecule has 0 radical (unpaired) electrons. The van der Waals surface area contributed by atoms with Crippen molar-refractivity contribution >= 4 is 33.2 Å². The van der Waals surface area contributed by atoms with Gasteiger partial charge in [0, 0.05) is 21.4 Å². The summed E-state index contributed by atoms with van der Waals surface area (Å²) in [6.45, 7) is 4.27. The van der Waals surface area contributed by atoms with Crippen LogP contribution in [0, 0.1) is 0 Å². The molecule has 0 aromatic heterocycles. The number of carbonyl (C=O) groups excluding carboxylic acids is 1. The molecule has 1 amide bonds. The molecule has 0 fully saturated rings. The number of hydrogen-bond donors (Lipinski definition) is 2. The molecule has 0 unspecified atom stereocenters. The molecule has 20 heavy (non-hydrogen) atoms. The van der Waals surface area contributed by atoms with Crippen molar-refractivity contribution in [3.05, 3.63) is 58.1 Å². The molecular weight excluding hydrogens is 316 g/mol. The fourth-order valence-corrected chi connectivity index (χ4v) is 2.09. The van der Waals surface area contributed by atoms with Crippen LogP contribution in [-0.4, -0.2) is 5.91 Å². The highest BCUT2D eigenvalue weighted by atomic mass is 79.9. The minimum absolute atomic E-state index is 0.165. The van der Waals surface area contributed by atoms with Crippen LogP contribution in [0.5, 0.6) is 0 Å². The van der Waals surface area contributed by atoms with Gasteiger partial charge in [-0.05, 0) is 57.7 Å². The SMILES string of the molecule is CC(C)c1ccc(NC(=O)c2ccc(Br)c(N)c2)cc1. The maximum absolute atomic E-state index is 12.1. The van der Waals surface area contributed by atoms with Gasteiger partial charge in [-0.3, -0.25) is 4.79 Å². The number of halogens is 1. The van der Waals surface area contributed by atoms with Crippen LogP contribution < -0.4 is 11.1 Å². The molecule has 2 aromatic carbocycles. The Morgan fingerprint density at radius 3 is 2.35 bits per heavy atom. The first kappa shape index (κ1) is 14.6. The summed E-state index contributed by atoms with van der Waals surface area (Å²) >= 11 is 3.31. The molecule has 3 nitrogen and oxygen atoms in total. The van der Waals surface area contributed by atoms with Crippen LogP contribution in [0.4, 0.5) is 11.4 Å². The highest BCUT2D eigenvalue weighted by Gasteiger charge is 2.08. The molecule has 3 N–H and O–H groups in total. The van der Waals surface area contributed by atoms with Crippen molar-refractivity contribution in [3.63, 3.8) is 0 Å². The van der Waals surface area contributed by atoms with E-state index in [0.29, 0.717) is 17.2 Å². The van der Waals surface area contributed by atoms with Crippen LogP contribution >= 0.6 is 15.9 Å². The van der Waals surface area contributed by atoms with Crippen molar-refractivity contribution in [2.75, 3.05) is 11.1 Å². The van der Waals surface area contributed by atoms with Crippen molar-refractivity contribution in [3.8, 4) is 0 Å². The van der Waals surface area contributed by atoms with E-state index in [2.05, 4.69) is 35.1 Å². The van der Waals surface area contributed by atoms with Gasteiger partial charge in [0.15, 0.2) is 0 Å². The summed E-state index contributed by atoms with van der Waals surface area (Å²) in [6, 6.07) is 13.0. The number of nitrogens with one attached hydrogen (secondary N) is 1. The third-order valence-electron chi connectivity index (χ3n) is 3.09. The van der Waals surface area contributed by atoms with Crippen LogP contribution in [0.3, 0.4) is 0 Å². The highest BCUT2D eigenvalue weighted by Crippen LogP contribution is 2.21. The molecule has 0 aliphatic rings. The molecule has 0 spiro atoms. The lowest BCUT2D eigenvalue weighted by molar-refractivity contribution is 0.102. The Labute approximate surface area is 127 Å². The zero-order valence-electron chi connectivity index (χ0n) is 11.5. The lowest BCUT2D eigenvalue weighted by Gasteiger charge is -2.09. The number of nitrogen functional groups attached to an aromatic ring is 1. The molecule has 0 saturated heterocycles. The normalized spacial score (nSPS) is 10.6. The molecule has 0 heterocycles. The second-order valence-corrected chi connectivity index (χ2v) is 5.82. The number of hydrogen-bond acceptors (Lipinski definition) is 2. The summed E-state index contributed by atoms with van der Waals surface area (Å²) in [6.07, 6.45) is 0. The number of benzene rings is 2. The Balaban J connectivity index is 2.12. The number of carbonyl (C=O) groups is 1. The second kappa shape index (κ2) is 6.09. The van der Waals surface area contributed by atoms with E-state index in [-0.39, 0.29) is 5.91 Å². The Kier molecular flexibility index (Phi) is 4.45. The van der Waals surface area contributed by atoms with E-state index in [1.165, 1.54) is 5.56 Å². The second-order valence-electron chi connectivity index (χ2n) is 4.97. The zero-order chi connectivity index (χ0) is 14.7. The quantitative estimate of drug-likeness (QED) is 0.818. The predicted molar refractivity (Wildman–Crippen MR) is 87.0 cm³/mol. The maximum atomic E-state index is 12.1. The molecule has 4 heteroatoms. The van der Waals surface area contributed by atoms with E-state index in [1.54, 1.807) is 18.2 Å². The van der Waals surface area contributed by atoms with Crippen LogP contribution in [0.15, 0.2) is 46.9 Å². The van der Waals surface area contributed by atoms with E-state index >= 15 is 0 Å². The molecule has 0 saturated carbocycles. The van der Waals surface area contributed by atoms with Crippen LogP contribution in [-0.2, 0) is 0 Å². The minimum atomic E-state index is -0.165. The standard InChI is InChI=1S/C16H17BrN2O/c1-10(2)11-3-6-13(7-4-11)19-16(20)12-5-8-14(17)15(18)9-12/h3-10H,18H2,1-2H3,(H,19,20). The van der Waals surface area contributed by atoms with Gasteiger partial charge >= 0.3 is 0 Å². The maximum Gasteiger partial charge on any atom is 0.255 e. The zero-order valence-corrected chi connectivity index (χ0v) is 13.1. The fourth-order valence-electron chi connectivity index (χ4n) is 1.84. The summed E-state index contributed by atoms with van der Waals surface area (Å²) in [5, 5.41) is 2.86. The Hall–Kier alpha value is -1.81. The lowest BCUT2D eigenvalue weighted by Crippen LogP contribution is -2.12. The monoisotopic (exact) mass is 332 g/mol. The molecule has 0 atom stereocenters. The van der Waals surface area contributed by atoms with Crippen molar-refractivity contribution in [1.29, 1.82) is 0 Å². The van der Waals surface area contributed by atoms with Gasteiger partial charge < -0.3 is 11.1 Å². The summed E-state index contributed by atoms with van der Waals surface area (Å²) < 4.78 is 0.787. The van der Waals surface area contributed by atoms with E-state index in [1.807, 2.05) is 24.3 Å². The van der Waals surface area contributed by atoms with Gasteiger partial charge in [0.05, 0.1) is 0 Å². The van der Waals surface area contributed by atoms with E-state index in [4.69, 9.17) is 5.73 Å². The molecule has 0 aliphatic carbocycles. The molecule has 0 bridgehead atoms. The van der Waals surface area contributed by atoms with Gasteiger partial charge in [-0.15, -0.1) is 0 Å². The summed E-state index contributed by atoms with van der Waals surface area (Å²) in [5.41, 5.74) is 8.89. The molecule has 0 aliphatic heterocycles. The van der Waals surface area contributed by atoms with Gasteiger partial charge in [-0.25, -0.2) is 0 Å². The van der Waals surface area contributed by atoms with Gasteiger partial charge in [-0.1, -0.05) is 26.0 Å². The number of nitrogens with two attached hydrogens (primary N) is 1.